The van der Waals surface area contributed by atoms with Gasteiger partial charge in [-0.3, -0.25) is 0 Å². The van der Waals surface area contributed by atoms with Crippen molar-refractivity contribution in [1.29, 1.82) is 0 Å². The minimum atomic E-state index is 0.219. The lowest BCUT2D eigenvalue weighted by atomic mass is 10.1. The standard InChI is InChI=1S/C11H22N2O/c1-4-10(5-2)12(3)11(14)13-8-6-7-9-13/h10H,4-9H2,1-3H3. The Labute approximate surface area is 87.1 Å². The molecule has 1 heterocycles. The lowest BCUT2D eigenvalue weighted by Crippen LogP contribution is -2.44. The second-order valence-electron chi connectivity index (χ2n) is 4.06. The predicted octanol–water partition coefficient (Wildman–Crippen LogP) is 2.32. The summed E-state index contributed by atoms with van der Waals surface area (Å²) >= 11 is 0. The number of carbonyl (C=O) groups is 1. The van der Waals surface area contributed by atoms with E-state index in [1.165, 1.54) is 12.8 Å². The van der Waals surface area contributed by atoms with Gasteiger partial charge < -0.3 is 9.80 Å². The van der Waals surface area contributed by atoms with Gasteiger partial charge in [0, 0.05) is 26.2 Å². The fraction of sp³-hybridized carbons (Fsp3) is 0.909. The van der Waals surface area contributed by atoms with Gasteiger partial charge in [-0.25, -0.2) is 4.79 Å². The van der Waals surface area contributed by atoms with Gasteiger partial charge in [0.25, 0.3) is 0 Å². The van der Waals surface area contributed by atoms with E-state index in [9.17, 15) is 4.79 Å². The lowest BCUT2D eigenvalue weighted by Gasteiger charge is -2.30. The normalized spacial score (nSPS) is 16.4. The van der Waals surface area contributed by atoms with Crippen LogP contribution in [-0.2, 0) is 0 Å². The summed E-state index contributed by atoms with van der Waals surface area (Å²) in [6.07, 6.45) is 4.43. The maximum absolute atomic E-state index is 12.0. The van der Waals surface area contributed by atoms with E-state index in [-0.39, 0.29) is 6.03 Å². The third-order valence-electron chi connectivity index (χ3n) is 3.17. The molecule has 0 aromatic carbocycles. The van der Waals surface area contributed by atoms with Crippen LogP contribution in [0.25, 0.3) is 0 Å². The van der Waals surface area contributed by atoms with Gasteiger partial charge in [0.05, 0.1) is 0 Å². The summed E-state index contributed by atoms with van der Waals surface area (Å²) in [4.78, 5) is 15.8. The Hall–Kier alpha value is -0.730. The Morgan fingerprint density at radius 3 is 2.21 bits per heavy atom. The molecule has 1 aliphatic heterocycles. The molecule has 82 valence electrons. The fourth-order valence-electron chi connectivity index (χ4n) is 2.12. The van der Waals surface area contributed by atoms with Gasteiger partial charge in [-0.1, -0.05) is 13.8 Å². The van der Waals surface area contributed by atoms with Crippen molar-refractivity contribution in [2.24, 2.45) is 0 Å². The smallest absolute Gasteiger partial charge is 0.319 e. The largest absolute Gasteiger partial charge is 0.325 e. The van der Waals surface area contributed by atoms with Crippen LogP contribution in [0.15, 0.2) is 0 Å². The molecule has 2 amide bonds. The number of amides is 2. The highest BCUT2D eigenvalue weighted by Gasteiger charge is 2.24. The van der Waals surface area contributed by atoms with E-state index in [2.05, 4.69) is 13.8 Å². The second-order valence-corrected chi connectivity index (χ2v) is 4.06. The van der Waals surface area contributed by atoms with E-state index in [4.69, 9.17) is 0 Å². The molecule has 0 aliphatic carbocycles. The van der Waals surface area contributed by atoms with Crippen LogP contribution in [0.3, 0.4) is 0 Å². The Balaban J connectivity index is 2.49. The summed E-state index contributed by atoms with van der Waals surface area (Å²) in [7, 11) is 1.93. The summed E-state index contributed by atoms with van der Waals surface area (Å²) in [6, 6.07) is 0.624. The zero-order chi connectivity index (χ0) is 10.6. The summed E-state index contributed by atoms with van der Waals surface area (Å²) in [6.45, 7) is 6.18. The highest BCUT2D eigenvalue weighted by molar-refractivity contribution is 5.74. The molecule has 14 heavy (non-hydrogen) atoms. The fourth-order valence-corrected chi connectivity index (χ4v) is 2.12. The lowest BCUT2D eigenvalue weighted by molar-refractivity contribution is 0.152. The highest BCUT2D eigenvalue weighted by atomic mass is 16.2. The van der Waals surface area contributed by atoms with Crippen molar-refractivity contribution in [1.82, 2.24) is 9.80 Å². The minimum Gasteiger partial charge on any atom is -0.325 e. The van der Waals surface area contributed by atoms with E-state index in [1.54, 1.807) is 0 Å². The SMILES string of the molecule is CCC(CC)N(C)C(=O)N1CCCC1. The molecule has 1 rings (SSSR count). The van der Waals surface area contributed by atoms with Crippen LogP contribution in [0.4, 0.5) is 4.79 Å². The van der Waals surface area contributed by atoms with Gasteiger partial charge in [0.1, 0.15) is 0 Å². The second kappa shape index (κ2) is 5.23. The van der Waals surface area contributed by atoms with E-state index >= 15 is 0 Å². The van der Waals surface area contributed by atoms with Gasteiger partial charge in [0.2, 0.25) is 0 Å². The Kier molecular flexibility index (Phi) is 4.23. The van der Waals surface area contributed by atoms with Crippen molar-refractivity contribution < 1.29 is 4.79 Å². The number of nitrogens with zero attached hydrogens (tertiary/aromatic N) is 2. The van der Waals surface area contributed by atoms with Crippen LogP contribution in [0, 0.1) is 0 Å². The first kappa shape index (κ1) is 11.3. The first-order chi connectivity index (χ1) is 6.70. The molecule has 0 N–H and O–H groups in total. The zero-order valence-corrected chi connectivity index (χ0v) is 9.62. The molecule has 1 saturated heterocycles. The van der Waals surface area contributed by atoms with Crippen molar-refractivity contribution in [2.45, 2.75) is 45.6 Å². The molecular weight excluding hydrogens is 176 g/mol. The summed E-state index contributed by atoms with van der Waals surface area (Å²) in [5, 5.41) is 0. The average molecular weight is 198 g/mol. The number of hydrogen-bond acceptors (Lipinski definition) is 1. The van der Waals surface area contributed by atoms with Gasteiger partial charge in [-0.05, 0) is 25.7 Å². The molecule has 0 bridgehead atoms. The topological polar surface area (TPSA) is 23.6 Å². The monoisotopic (exact) mass is 198 g/mol. The Morgan fingerprint density at radius 2 is 1.79 bits per heavy atom. The van der Waals surface area contributed by atoms with Crippen molar-refractivity contribution in [2.75, 3.05) is 20.1 Å². The molecule has 3 nitrogen and oxygen atoms in total. The van der Waals surface area contributed by atoms with Crippen LogP contribution in [0.1, 0.15) is 39.5 Å². The van der Waals surface area contributed by atoms with Crippen molar-refractivity contribution in [3.05, 3.63) is 0 Å². The van der Waals surface area contributed by atoms with Crippen molar-refractivity contribution in [3.8, 4) is 0 Å². The van der Waals surface area contributed by atoms with Crippen molar-refractivity contribution >= 4 is 6.03 Å². The quantitative estimate of drug-likeness (QED) is 0.682. The van der Waals surface area contributed by atoms with Crippen molar-refractivity contribution in [3.63, 3.8) is 0 Å². The summed E-state index contributed by atoms with van der Waals surface area (Å²) in [5.74, 6) is 0. The molecule has 0 atom stereocenters. The average Bonchev–Trinajstić information content (AvgIpc) is 2.71. The van der Waals surface area contributed by atoms with Crippen LogP contribution < -0.4 is 0 Å². The molecule has 0 aromatic rings. The van der Waals surface area contributed by atoms with E-state index in [0.717, 1.165) is 25.9 Å². The third kappa shape index (κ3) is 2.40. The molecule has 0 radical (unpaired) electrons. The minimum absolute atomic E-state index is 0.219. The number of hydrogen-bond donors (Lipinski definition) is 0. The van der Waals surface area contributed by atoms with E-state index in [0.29, 0.717) is 6.04 Å². The molecule has 0 aromatic heterocycles. The number of urea groups is 1. The van der Waals surface area contributed by atoms with Crippen LogP contribution in [-0.4, -0.2) is 42.0 Å². The van der Waals surface area contributed by atoms with Crippen LogP contribution in [0.5, 0.6) is 0 Å². The predicted molar refractivity (Wildman–Crippen MR) is 58.3 cm³/mol. The molecule has 0 spiro atoms. The molecule has 3 heteroatoms. The zero-order valence-electron chi connectivity index (χ0n) is 9.62. The Bertz CT molecular complexity index is 184. The number of carbonyl (C=O) groups excluding carboxylic acids is 1. The van der Waals surface area contributed by atoms with Crippen LogP contribution in [0.2, 0.25) is 0 Å². The number of likely N-dealkylation sites (tertiary alicyclic amines) is 1. The maximum Gasteiger partial charge on any atom is 0.319 e. The Morgan fingerprint density at radius 1 is 1.29 bits per heavy atom. The van der Waals surface area contributed by atoms with E-state index in [1.807, 2.05) is 16.8 Å². The van der Waals surface area contributed by atoms with Gasteiger partial charge in [-0.15, -0.1) is 0 Å². The van der Waals surface area contributed by atoms with Gasteiger partial charge in [0.15, 0.2) is 0 Å². The first-order valence-corrected chi connectivity index (χ1v) is 5.72. The number of rotatable bonds is 3. The molecule has 0 saturated carbocycles. The van der Waals surface area contributed by atoms with Gasteiger partial charge in [-0.2, -0.15) is 0 Å². The molecule has 0 unspecified atom stereocenters. The summed E-state index contributed by atoms with van der Waals surface area (Å²) < 4.78 is 0. The molecule has 1 aliphatic rings. The first-order valence-electron chi connectivity index (χ1n) is 5.72. The van der Waals surface area contributed by atoms with E-state index < -0.39 is 0 Å². The molecular formula is C11H22N2O. The third-order valence-corrected chi connectivity index (χ3v) is 3.17. The molecule has 1 fully saturated rings. The maximum atomic E-state index is 12.0. The summed E-state index contributed by atoms with van der Waals surface area (Å²) in [5.41, 5.74) is 0. The van der Waals surface area contributed by atoms with Gasteiger partial charge >= 0.3 is 6.03 Å². The van der Waals surface area contributed by atoms with Crippen LogP contribution >= 0.6 is 0 Å². The highest BCUT2D eigenvalue weighted by Crippen LogP contribution is 2.13.